The van der Waals surface area contributed by atoms with Crippen molar-refractivity contribution in [3.05, 3.63) is 29.6 Å². The van der Waals surface area contributed by atoms with E-state index >= 15 is 0 Å². The van der Waals surface area contributed by atoms with E-state index in [-0.39, 0.29) is 5.56 Å². The van der Waals surface area contributed by atoms with Crippen molar-refractivity contribution in [3.63, 3.8) is 0 Å². The Labute approximate surface area is 112 Å². The Morgan fingerprint density at radius 1 is 1.32 bits per heavy atom. The summed E-state index contributed by atoms with van der Waals surface area (Å²) in [4.78, 5) is 0. The van der Waals surface area contributed by atoms with Crippen molar-refractivity contribution in [2.75, 3.05) is 27.4 Å². The van der Waals surface area contributed by atoms with E-state index in [4.69, 9.17) is 14.2 Å². The third-order valence-electron chi connectivity index (χ3n) is 3.75. The zero-order valence-electron chi connectivity index (χ0n) is 11.2. The second-order valence-corrected chi connectivity index (χ2v) is 4.67. The Bertz CT molecular complexity index is 429. The van der Waals surface area contributed by atoms with Gasteiger partial charge in [-0.15, -0.1) is 0 Å². The maximum absolute atomic E-state index is 14.0. The largest absolute Gasteiger partial charge is 0.497 e. The van der Waals surface area contributed by atoms with Crippen LogP contribution in [0, 0.1) is 5.82 Å². The Balaban J connectivity index is 2.29. The van der Waals surface area contributed by atoms with Crippen molar-refractivity contribution in [2.24, 2.45) is 0 Å². The summed E-state index contributed by atoms with van der Waals surface area (Å²) in [6.45, 7) is 1.01. The molecule has 19 heavy (non-hydrogen) atoms. The molecule has 1 aromatic carbocycles. The van der Waals surface area contributed by atoms with Gasteiger partial charge in [-0.05, 0) is 12.1 Å². The van der Waals surface area contributed by atoms with Gasteiger partial charge in [-0.25, -0.2) is 4.39 Å². The standard InChI is InChI=1S/C14H19FO4/c1-17-10-3-4-11(12(15)9-10)13(16)14(18-2)5-7-19-8-6-14/h3-4,9,13,16H,5-8H2,1-2H3. The van der Waals surface area contributed by atoms with Gasteiger partial charge in [0.05, 0.1) is 7.11 Å². The highest BCUT2D eigenvalue weighted by molar-refractivity contribution is 5.31. The van der Waals surface area contributed by atoms with Crippen LogP contribution in [-0.2, 0) is 9.47 Å². The smallest absolute Gasteiger partial charge is 0.132 e. The van der Waals surface area contributed by atoms with E-state index < -0.39 is 17.5 Å². The SMILES string of the molecule is COc1ccc(C(O)C2(OC)CCOCC2)c(F)c1. The van der Waals surface area contributed by atoms with E-state index in [0.29, 0.717) is 31.8 Å². The Hall–Kier alpha value is -1.17. The van der Waals surface area contributed by atoms with Gasteiger partial charge in [-0.2, -0.15) is 0 Å². The van der Waals surface area contributed by atoms with Crippen LogP contribution >= 0.6 is 0 Å². The molecule has 0 amide bonds. The average molecular weight is 270 g/mol. The van der Waals surface area contributed by atoms with Crippen molar-refractivity contribution < 1.29 is 23.7 Å². The van der Waals surface area contributed by atoms with Crippen LogP contribution in [-0.4, -0.2) is 38.1 Å². The topological polar surface area (TPSA) is 47.9 Å². The van der Waals surface area contributed by atoms with Crippen molar-refractivity contribution in [1.29, 1.82) is 0 Å². The molecule has 1 aromatic rings. The molecule has 2 rings (SSSR count). The zero-order valence-corrected chi connectivity index (χ0v) is 11.2. The summed E-state index contributed by atoms with van der Waals surface area (Å²) < 4.78 is 29.7. The second-order valence-electron chi connectivity index (χ2n) is 4.67. The van der Waals surface area contributed by atoms with Gasteiger partial charge in [0.2, 0.25) is 0 Å². The first-order valence-corrected chi connectivity index (χ1v) is 6.27. The van der Waals surface area contributed by atoms with Crippen LogP contribution < -0.4 is 4.74 Å². The molecule has 0 aliphatic carbocycles. The third kappa shape index (κ3) is 2.73. The van der Waals surface area contributed by atoms with Crippen molar-refractivity contribution in [1.82, 2.24) is 0 Å². The van der Waals surface area contributed by atoms with Gasteiger partial charge in [0.1, 0.15) is 23.3 Å². The maximum Gasteiger partial charge on any atom is 0.132 e. The third-order valence-corrected chi connectivity index (χ3v) is 3.75. The molecule has 106 valence electrons. The molecule has 4 nitrogen and oxygen atoms in total. The molecule has 1 heterocycles. The molecule has 5 heteroatoms. The number of halogens is 1. The van der Waals surface area contributed by atoms with E-state index in [1.807, 2.05) is 0 Å². The number of hydrogen-bond acceptors (Lipinski definition) is 4. The van der Waals surface area contributed by atoms with Crippen molar-refractivity contribution in [2.45, 2.75) is 24.5 Å². The van der Waals surface area contributed by atoms with Crippen LogP contribution in [0.3, 0.4) is 0 Å². The fraction of sp³-hybridized carbons (Fsp3) is 0.571. The molecule has 1 aliphatic rings. The van der Waals surface area contributed by atoms with E-state index in [2.05, 4.69) is 0 Å². The fourth-order valence-corrected chi connectivity index (χ4v) is 2.45. The molecule has 0 aromatic heterocycles. The molecule has 1 aliphatic heterocycles. The molecular formula is C14H19FO4. The first kappa shape index (κ1) is 14.2. The van der Waals surface area contributed by atoms with Gasteiger partial charge in [-0.1, -0.05) is 0 Å². The predicted molar refractivity (Wildman–Crippen MR) is 67.7 cm³/mol. The van der Waals surface area contributed by atoms with E-state index in [0.717, 1.165) is 0 Å². The summed E-state index contributed by atoms with van der Waals surface area (Å²) >= 11 is 0. The molecule has 0 saturated carbocycles. The summed E-state index contributed by atoms with van der Waals surface area (Å²) in [5, 5.41) is 10.5. The maximum atomic E-state index is 14.0. The van der Waals surface area contributed by atoms with Gasteiger partial charge >= 0.3 is 0 Å². The van der Waals surface area contributed by atoms with Crippen molar-refractivity contribution >= 4 is 0 Å². The minimum atomic E-state index is -1.02. The Kier molecular flexibility index (Phi) is 4.39. The molecule has 1 unspecified atom stereocenters. The number of rotatable bonds is 4. The van der Waals surface area contributed by atoms with Crippen LogP contribution in [0.15, 0.2) is 18.2 Å². The van der Waals surface area contributed by atoms with Gasteiger partial charge in [0.25, 0.3) is 0 Å². The van der Waals surface area contributed by atoms with E-state index in [1.54, 1.807) is 6.07 Å². The monoisotopic (exact) mass is 270 g/mol. The lowest BCUT2D eigenvalue weighted by atomic mass is 9.84. The first-order valence-electron chi connectivity index (χ1n) is 6.27. The minimum absolute atomic E-state index is 0.226. The molecule has 1 fully saturated rings. The van der Waals surface area contributed by atoms with Gasteiger partial charge in [-0.3, -0.25) is 0 Å². The summed E-state index contributed by atoms with van der Waals surface area (Å²) in [6.07, 6.45) is 0.0547. The zero-order chi connectivity index (χ0) is 13.9. The number of benzene rings is 1. The highest BCUT2D eigenvalue weighted by atomic mass is 19.1. The number of ether oxygens (including phenoxy) is 3. The van der Waals surface area contributed by atoms with Gasteiger partial charge in [0, 0.05) is 44.8 Å². The van der Waals surface area contributed by atoms with E-state index in [1.165, 1.54) is 26.4 Å². The van der Waals surface area contributed by atoms with Crippen LogP contribution in [0.5, 0.6) is 5.75 Å². The first-order chi connectivity index (χ1) is 9.13. The van der Waals surface area contributed by atoms with Crippen LogP contribution in [0.1, 0.15) is 24.5 Å². The molecular weight excluding hydrogens is 251 g/mol. The second kappa shape index (κ2) is 5.86. The van der Waals surface area contributed by atoms with Gasteiger partial charge in [0.15, 0.2) is 0 Å². The lowest BCUT2D eigenvalue weighted by molar-refractivity contribution is -0.155. The number of aliphatic hydroxyl groups excluding tert-OH is 1. The quantitative estimate of drug-likeness (QED) is 0.910. The molecule has 0 radical (unpaired) electrons. The molecule has 0 spiro atoms. The summed E-state index contributed by atoms with van der Waals surface area (Å²) in [5.41, 5.74) is -0.558. The number of aliphatic hydroxyl groups is 1. The average Bonchev–Trinajstić information content (AvgIpc) is 2.47. The van der Waals surface area contributed by atoms with Crippen LogP contribution in [0.4, 0.5) is 4.39 Å². The highest BCUT2D eigenvalue weighted by Gasteiger charge is 2.41. The number of methoxy groups -OCH3 is 2. The molecule has 1 N–H and O–H groups in total. The Morgan fingerprint density at radius 2 is 2.00 bits per heavy atom. The van der Waals surface area contributed by atoms with Crippen LogP contribution in [0.2, 0.25) is 0 Å². The van der Waals surface area contributed by atoms with Gasteiger partial charge < -0.3 is 19.3 Å². The molecule has 1 atom stereocenters. The molecule has 0 bridgehead atoms. The number of hydrogen-bond donors (Lipinski definition) is 1. The predicted octanol–water partition coefficient (Wildman–Crippen LogP) is 2.06. The summed E-state index contributed by atoms with van der Waals surface area (Å²) in [7, 11) is 3.01. The van der Waals surface area contributed by atoms with Crippen molar-refractivity contribution in [3.8, 4) is 5.75 Å². The lowest BCUT2D eigenvalue weighted by Crippen LogP contribution is -2.44. The Morgan fingerprint density at radius 3 is 2.53 bits per heavy atom. The summed E-state index contributed by atoms with van der Waals surface area (Å²) in [6, 6.07) is 4.43. The minimum Gasteiger partial charge on any atom is -0.497 e. The fourth-order valence-electron chi connectivity index (χ4n) is 2.45. The lowest BCUT2D eigenvalue weighted by Gasteiger charge is -2.39. The molecule has 1 saturated heterocycles. The van der Waals surface area contributed by atoms with E-state index in [9.17, 15) is 9.50 Å². The normalized spacial score (nSPS) is 20.0. The summed E-state index contributed by atoms with van der Waals surface area (Å²) in [5.74, 6) is -0.0679. The highest BCUT2D eigenvalue weighted by Crippen LogP contribution is 2.38. The van der Waals surface area contributed by atoms with Crippen LogP contribution in [0.25, 0.3) is 0 Å².